The van der Waals surface area contributed by atoms with Crippen molar-refractivity contribution in [2.24, 2.45) is 0 Å². The third kappa shape index (κ3) is 2.89. The highest BCUT2D eigenvalue weighted by molar-refractivity contribution is 5.95. The number of amides is 1. The summed E-state index contributed by atoms with van der Waals surface area (Å²) in [7, 11) is 1.30. The second kappa shape index (κ2) is 7.45. The Morgan fingerprint density at radius 3 is 2.59 bits per heavy atom. The molecule has 0 unspecified atom stereocenters. The Morgan fingerprint density at radius 1 is 1.03 bits per heavy atom. The second-order valence-corrected chi connectivity index (χ2v) is 7.70. The van der Waals surface area contributed by atoms with Crippen LogP contribution in [0.25, 0.3) is 0 Å². The number of halogens is 2. The zero-order chi connectivity index (χ0) is 22.6. The van der Waals surface area contributed by atoms with Crippen molar-refractivity contribution in [2.45, 2.75) is 18.9 Å². The molecule has 1 aliphatic heterocycles. The highest BCUT2D eigenvalue weighted by atomic mass is 19.2. The van der Waals surface area contributed by atoms with Gasteiger partial charge in [-0.3, -0.25) is 24.1 Å². The Kier molecular flexibility index (Phi) is 4.70. The normalized spacial score (nSPS) is 17.5. The molecule has 2 aliphatic rings. The van der Waals surface area contributed by atoms with Gasteiger partial charge in [0.05, 0.1) is 13.2 Å². The molecule has 164 valence electrons. The van der Waals surface area contributed by atoms with Gasteiger partial charge in [-0.2, -0.15) is 5.06 Å². The number of fused-ring (bicyclic) bond motifs is 3. The van der Waals surface area contributed by atoms with Crippen LogP contribution in [0, 0.1) is 11.6 Å². The highest BCUT2D eigenvalue weighted by Gasteiger charge is 2.39. The monoisotopic (exact) mass is 439 g/mol. The van der Waals surface area contributed by atoms with Gasteiger partial charge in [-0.25, -0.2) is 8.78 Å². The summed E-state index contributed by atoms with van der Waals surface area (Å²) in [6, 6.07) is 10.7. The van der Waals surface area contributed by atoms with E-state index in [9.17, 15) is 23.5 Å². The standard InChI is InChI=1S/C23H19F2N3O4/c1-32-28-12-27(26-11-10-18(29)22(30)21(26)23(28)31)20-14-5-3-2-4-13(14)6-7-15-16(20)8-9-17(24)19(15)25/h2-5,8-11,20,30H,6-7,12H2,1H3/t20-/m1/s1. The van der Waals surface area contributed by atoms with Crippen molar-refractivity contribution < 1.29 is 23.5 Å². The van der Waals surface area contributed by atoms with Crippen LogP contribution >= 0.6 is 0 Å². The van der Waals surface area contributed by atoms with Crippen molar-refractivity contribution in [1.82, 2.24) is 9.74 Å². The summed E-state index contributed by atoms with van der Waals surface area (Å²) in [5.41, 5.74) is 1.59. The minimum atomic E-state index is -0.928. The average molecular weight is 439 g/mol. The number of aromatic hydroxyl groups is 1. The summed E-state index contributed by atoms with van der Waals surface area (Å²) in [6.45, 7) is -0.0813. The molecule has 0 saturated heterocycles. The van der Waals surface area contributed by atoms with Crippen LogP contribution in [0.4, 0.5) is 8.78 Å². The molecule has 0 radical (unpaired) electrons. The van der Waals surface area contributed by atoms with E-state index in [2.05, 4.69) is 0 Å². The van der Waals surface area contributed by atoms with E-state index in [-0.39, 0.29) is 17.9 Å². The first-order chi connectivity index (χ1) is 15.4. The van der Waals surface area contributed by atoms with Crippen LogP contribution in [0.15, 0.2) is 53.5 Å². The number of pyridine rings is 1. The summed E-state index contributed by atoms with van der Waals surface area (Å²) in [5, 5.41) is 13.1. The van der Waals surface area contributed by atoms with Crippen LogP contribution < -0.4 is 10.4 Å². The third-order valence-electron chi connectivity index (χ3n) is 6.07. The molecule has 0 fully saturated rings. The van der Waals surface area contributed by atoms with E-state index < -0.39 is 34.8 Å². The van der Waals surface area contributed by atoms with Gasteiger partial charge in [0.15, 0.2) is 23.1 Å². The molecule has 5 rings (SSSR count). The lowest BCUT2D eigenvalue weighted by Gasteiger charge is -2.43. The summed E-state index contributed by atoms with van der Waals surface area (Å²) in [6.07, 6.45) is 2.19. The van der Waals surface area contributed by atoms with Gasteiger partial charge in [0.2, 0.25) is 5.43 Å². The van der Waals surface area contributed by atoms with Crippen LogP contribution in [-0.4, -0.2) is 34.5 Å². The van der Waals surface area contributed by atoms with E-state index in [0.717, 1.165) is 28.3 Å². The molecule has 1 atom stereocenters. The van der Waals surface area contributed by atoms with E-state index in [1.807, 2.05) is 24.3 Å². The smallest absolute Gasteiger partial charge is 0.301 e. The SMILES string of the molecule is CON1CN([C@@H]2c3ccccc3CCc3c2ccc(F)c3F)n2ccc(=O)c(O)c2C1=O. The summed E-state index contributed by atoms with van der Waals surface area (Å²) >= 11 is 0. The predicted molar refractivity (Wildman–Crippen MR) is 111 cm³/mol. The van der Waals surface area contributed by atoms with Gasteiger partial charge in [-0.15, -0.1) is 0 Å². The molecule has 0 saturated carbocycles. The first kappa shape index (κ1) is 20.2. The number of rotatable bonds is 2. The Morgan fingerprint density at radius 2 is 1.81 bits per heavy atom. The maximum absolute atomic E-state index is 14.9. The molecule has 9 heteroatoms. The van der Waals surface area contributed by atoms with Crippen LogP contribution in [-0.2, 0) is 17.7 Å². The molecule has 0 bridgehead atoms. The Hall–Kier alpha value is -3.72. The Bertz CT molecular complexity index is 1310. The third-order valence-corrected chi connectivity index (χ3v) is 6.07. The van der Waals surface area contributed by atoms with Gasteiger partial charge in [0, 0.05) is 12.3 Å². The van der Waals surface area contributed by atoms with Crippen molar-refractivity contribution in [3.05, 3.63) is 98.5 Å². The molecule has 2 aromatic carbocycles. The average Bonchev–Trinajstić information content (AvgIpc) is 2.96. The lowest BCUT2D eigenvalue weighted by Crippen LogP contribution is -2.55. The van der Waals surface area contributed by atoms with Gasteiger partial charge in [-0.05, 0) is 41.2 Å². The van der Waals surface area contributed by atoms with Crippen LogP contribution in [0.1, 0.15) is 38.8 Å². The van der Waals surface area contributed by atoms with Crippen molar-refractivity contribution in [1.29, 1.82) is 0 Å². The summed E-state index contributed by atoms with van der Waals surface area (Å²) < 4.78 is 30.4. The van der Waals surface area contributed by atoms with Crippen molar-refractivity contribution in [2.75, 3.05) is 18.8 Å². The zero-order valence-corrected chi connectivity index (χ0v) is 17.1. The minimum absolute atomic E-state index is 0.0813. The number of aryl methyl sites for hydroxylation is 1. The lowest BCUT2D eigenvalue weighted by molar-refractivity contribution is -0.105. The Labute approximate surface area is 181 Å². The molecule has 32 heavy (non-hydrogen) atoms. The molecule has 1 N–H and O–H groups in total. The lowest BCUT2D eigenvalue weighted by atomic mass is 9.93. The summed E-state index contributed by atoms with van der Waals surface area (Å²) in [5.74, 6) is -3.23. The molecule has 0 spiro atoms. The molecule has 1 amide bonds. The highest BCUT2D eigenvalue weighted by Crippen LogP contribution is 2.39. The van der Waals surface area contributed by atoms with Crippen molar-refractivity contribution in [3.63, 3.8) is 0 Å². The number of nitrogens with zero attached hydrogens (tertiary/aromatic N) is 3. The first-order valence-corrected chi connectivity index (χ1v) is 10.0. The quantitative estimate of drug-likeness (QED) is 0.665. The molecule has 1 aliphatic carbocycles. The molecule has 1 aromatic heterocycles. The van der Waals surface area contributed by atoms with E-state index in [1.54, 1.807) is 5.01 Å². The van der Waals surface area contributed by atoms with Crippen LogP contribution in [0.2, 0.25) is 0 Å². The molecular weight excluding hydrogens is 420 g/mol. The van der Waals surface area contributed by atoms with Crippen molar-refractivity contribution >= 4 is 5.91 Å². The van der Waals surface area contributed by atoms with E-state index in [4.69, 9.17) is 4.84 Å². The summed E-state index contributed by atoms with van der Waals surface area (Å²) in [4.78, 5) is 30.1. The second-order valence-electron chi connectivity index (χ2n) is 7.70. The number of benzene rings is 2. The van der Waals surface area contributed by atoms with Crippen molar-refractivity contribution in [3.8, 4) is 5.75 Å². The predicted octanol–water partition coefficient (Wildman–Crippen LogP) is 2.63. The maximum atomic E-state index is 14.9. The number of hydroxylamine groups is 2. The van der Waals surface area contributed by atoms with Gasteiger partial charge < -0.3 is 5.11 Å². The fourth-order valence-electron chi connectivity index (χ4n) is 4.55. The minimum Gasteiger partial charge on any atom is -0.502 e. The molecule has 7 nitrogen and oxygen atoms in total. The maximum Gasteiger partial charge on any atom is 0.301 e. The number of hydrogen-bond acceptors (Lipinski definition) is 5. The molecule has 2 heterocycles. The van der Waals surface area contributed by atoms with Crippen LogP contribution in [0.5, 0.6) is 5.75 Å². The topological polar surface area (TPSA) is 75.0 Å². The fourth-order valence-corrected chi connectivity index (χ4v) is 4.55. The van der Waals surface area contributed by atoms with Crippen LogP contribution in [0.3, 0.4) is 0 Å². The van der Waals surface area contributed by atoms with Gasteiger partial charge in [0.25, 0.3) is 0 Å². The van der Waals surface area contributed by atoms with Gasteiger partial charge in [0.1, 0.15) is 6.67 Å². The fraction of sp³-hybridized carbons (Fsp3) is 0.217. The Balaban J connectivity index is 1.81. The largest absolute Gasteiger partial charge is 0.502 e. The molecule has 3 aromatic rings. The van der Waals surface area contributed by atoms with E-state index in [0.29, 0.717) is 18.4 Å². The molecular formula is C23H19F2N3O4. The number of carbonyl (C=O) groups excluding carboxylic acids is 1. The van der Waals surface area contributed by atoms with Gasteiger partial charge in [-0.1, -0.05) is 30.3 Å². The number of carbonyl (C=O) groups is 1. The number of aromatic nitrogens is 1. The first-order valence-electron chi connectivity index (χ1n) is 10.0. The van der Waals surface area contributed by atoms with E-state index >= 15 is 0 Å². The number of hydrogen-bond donors (Lipinski definition) is 1. The zero-order valence-electron chi connectivity index (χ0n) is 17.1. The van der Waals surface area contributed by atoms with E-state index in [1.165, 1.54) is 24.0 Å². The van der Waals surface area contributed by atoms with Gasteiger partial charge >= 0.3 is 5.91 Å².